The van der Waals surface area contributed by atoms with Gasteiger partial charge in [0.15, 0.2) is 0 Å². The molecular formula is C17H28N2. The highest BCUT2D eigenvalue weighted by Gasteiger charge is 2.24. The number of anilines is 1. The molecule has 2 atom stereocenters. The van der Waals surface area contributed by atoms with E-state index in [9.17, 15) is 0 Å². The van der Waals surface area contributed by atoms with E-state index in [0.717, 1.165) is 19.6 Å². The summed E-state index contributed by atoms with van der Waals surface area (Å²) >= 11 is 0. The molecule has 1 aromatic rings. The molecule has 0 radical (unpaired) electrons. The number of nitrogens with one attached hydrogen (secondary N) is 1. The van der Waals surface area contributed by atoms with Crippen molar-refractivity contribution < 1.29 is 0 Å². The van der Waals surface area contributed by atoms with Crippen molar-refractivity contribution in [3.05, 3.63) is 29.8 Å². The Hall–Kier alpha value is -1.02. The van der Waals surface area contributed by atoms with E-state index < -0.39 is 0 Å². The van der Waals surface area contributed by atoms with E-state index in [4.69, 9.17) is 0 Å². The van der Waals surface area contributed by atoms with Crippen molar-refractivity contribution in [3.8, 4) is 0 Å². The van der Waals surface area contributed by atoms with Gasteiger partial charge >= 0.3 is 0 Å². The molecule has 2 unspecified atom stereocenters. The van der Waals surface area contributed by atoms with E-state index in [0.29, 0.717) is 12.0 Å². The molecule has 0 bridgehead atoms. The number of hydrogen-bond donors (Lipinski definition) is 1. The van der Waals surface area contributed by atoms with Crippen LogP contribution in [0.15, 0.2) is 24.3 Å². The fourth-order valence-electron chi connectivity index (χ4n) is 2.89. The van der Waals surface area contributed by atoms with E-state index in [-0.39, 0.29) is 5.41 Å². The molecule has 0 aliphatic carbocycles. The van der Waals surface area contributed by atoms with Crippen LogP contribution in [-0.4, -0.2) is 25.7 Å². The maximum Gasteiger partial charge on any atom is 0.0404 e. The first kappa shape index (κ1) is 14.4. The molecule has 19 heavy (non-hydrogen) atoms. The Morgan fingerprint density at radius 3 is 2.47 bits per heavy atom. The lowest BCUT2D eigenvalue weighted by Crippen LogP contribution is -2.36. The average Bonchev–Trinajstić information content (AvgIpc) is 2.50. The zero-order valence-corrected chi connectivity index (χ0v) is 13.0. The van der Waals surface area contributed by atoms with Crippen LogP contribution in [0.4, 0.5) is 5.69 Å². The standard InChI is InChI=1S/C17H28N2/c1-13-10-18-14(2)12-19(11-13)16-9-7-6-8-15(16)17(3,4)5/h6-9,13-14,18H,10-12H2,1-5H3. The highest BCUT2D eigenvalue weighted by Crippen LogP contribution is 2.32. The summed E-state index contributed by atoms with van der Waals surface area (Å²) < 4.78 is 0. The minimum Gasteiger partial charge on any atom is -0.369 e. The van der Waals surface area contributed by atoms with Crippen LogP contribution < -0.4 is 10.2 Å². The average molecular weight is 260 g/mol. The predicted molar refractivity (Wildman–Crippen MR) is 84.0 cm³/mol. The van der Waals surface area contributed by atoms with Gasteiger partial charge in [-0.25, -0.2) is 0 Å². The summed E-state index contributed by atoms with van der Waals surface area (Å²) in [5.41, 5.74) is 3.07. The van der Waals surface area contributed by atoms with Crippen molar-refractivity contribution in [2.45, 2.75) is 46.1 Å². The van der Waals surface area contributed by atoms with Gasteiger partial charge in [0.1, 0.15) is 0 Å². The van der Waals surface area contributed by atoms with Crippen molar-refractivity contribution in [2.24, 2.45) is 5.92 Å². The first-order valence-electron chi connectivity index (χ1n) is 7.46. The molecule has 0 saturated carbocycles. The number of nitrogens with zero attached hydrogens (tertiary/aromatic N) is 1. The summed E-state index contributed by atoms with van der Waals surface area (Å²) in [4.78, 5) is 2.57. The number of para-hydroxylation sites is 1. The van der Waals surface area contributed by atoms with Gasteiger partial charge in [-0.05, 0) is 36.4 Å². The molecule has 1 saturated heterocycles. The van der Waals surface area contributed by atoms with Crippen LogP contribution in [0.5, 0.6) is 0 Å². The van der Waals surface area contributed by atoms with Gasteiger partial charge in [-0.1, -0.05) is 45.9 Å². The minimum absolute atomic E-state index is 0.197. The Morgan fingerprint density at radius 1 is 1.11 bits per heavy atom. The first-order valence-corrected chi connectivity index (χ1v) is 7.46. The Balaban J connectivity index is 2.34. The Kier molecular flexibility index (Phi) is 4.19. The summed E-state index contributed by atoms with van der Waals surface area (Å²) in [7, 11) is 0. The summed E-state index contributed by atoms with van der Waals surface area (Å²) in [6.45, 7) is 14.9. The third-order valence-electron chi connectivity index (χ3n) is 3.89. The normalized spacial score (nSPS) is 25.2. The lowest BCUT2D eigenvalue weighted by molar-refractivity contribution is 0.525. The van der Waals surface area contributed by atoms with E-state index in [1.807, 2.05) is 0 Å². The highest BCUT2D eigenvalue weighted by molar-refractivity contribution is 5.56. The van der Waals surface area contributed by atoms with Crippen LogP contribution in [0.3, 0.4) is 0 Å². The van der Waals surface area contributed by atoms with Gasteiger partial charge in [0.25, 0.3) is 0 Å². The van der Waals surface area contributed by atoms with Crippen LogP contribution in [0.2, 0.25) is 0 Å². The summed E-state index contributed by atoms with van der Waals surface area (Å²) in [5, 5.41) is 3.61. The molecule has 1 heterocycles. The van der Waals surface area contributed by atoms with E-state index in [2.05, 4.69) is 69.1 Å². The Bertz CT molecular complexity index is 408. The maximum atomic E-state index is 3.61. The van der Waals surface area contributed by atoms with Gasteiger partial charge in [0, 0.05) is 24.8 Å². The summed E-state index contributed by atoms with van der Waals surface area (Å²) in [6.07, 6.45) is 0. The zero-order chi connectivity index (χ0) is 14.0. The smallest absolute Gasteiger partial charge is 0.0404 e. The van der Waals surface area contributed by atoms with Crippen molar-refractivity contribution >= 4 is 5.69 Å². The van der Waals surface area contributed by atoms with Gasteiger partial charge in [-0.3, -0.25) is 0 Å². The first-order chi connectivity index (χ1) is 8.88. The quantitative estimate of drug-likeness (QED) is 0.832. The fraction of sp³-hybridized carbons (Fsp3) is 0.647. The largest absolute Gasteiger partial charge is 0.369 e. The van der Waals surface area contributed by atoms with Gasteiger partial charge in [-0.15, -0.1) is 0 Å². The monoisotopic (exact) mass is 260 g/mol. The molecule has 1 aliphatic rings. The second kappa shape index (κ2) is 5.54. The molecule has 1 N–H and O–H groups in total. The van der Waals surface area contributed by atoms with Crippen LogP contribution in [0.1, 0.15) is 40.2 Å². The topological polar surface area (TPSA) is 15.3 Å². The Labute approximate surface area is 118 Å². The number of hydrogen-bond acceptors (Lipinski definition) is 2. The zero-order valence-electron chi connectivity index (χ0n) is 13.0. The summed E-state index contributed by atoms with van der Waals surface area (Å²) in [6, 6.07) is 9.44. The van der Waals surface area contributed by atoms with Crippen LogP contribution in [0, 0.1) is 5.92 Å². The van der Waals surface area contributed by atoms with Gasteiger partial charge in [0.2, 0.25) is 0 Å². The molecule has 2 nitrogen and oxygen atoms in total. The van der Waals surface area contributed by atoms with Crippen LogP contribution in [0.25, 0.3) is 0 Å². The molecule has 106 valence electrons. The molecule has 0 aromatic heterocycles. The lowest BCUT2D eigenvalue weighted by Gasteiger charge is -2.32. The van der Waals surface area contributed by atoms with E-state index in [1.165, 1.54) is 11.3 Å². The molecule has 1 aromatic carbocycles. The van der Waals surface area contributed by atoms with Crippen molar-refractivity contribution in [1.82, 2.24) is 5.32 Å². The Morgan fingerprint density at radius 2 is 1.79 bits per heavy atom. The fourth-order valence-corrected chi connectivity index (χ4v) is 2.89. The highest BCUT2D eigenvalue weighted by atomic mass is 15.2. The number of rotatable bonds is 1. The second-order valence-electron chi connectivity index (χ2n) is 7.09. The van der Waals surface area contributed by atoms with E-state index in [1.54, 1.807) is 0 Å². The SMILES string of the molecule is CC1CNC(C)CN(c2ccccc2C(C)(C)C)C1. The molecule has 0 amide bonds. The van der Waals surface area contributed by atoms with Crippen molar-refractivity contribution in [2.75, 3.05) is 24.5 Å². The molecule has 0 spiro atoms. The maximum absolute atomic E-state index is 3.61. The third-order valence-corrected chi connectivity index (χ3v) is 3.89. The number of benzene rings is 1. The third kappa shape index (κ3) is 3.50. The van der Waals surface area contributed by atoms with Gasteiger partial charge in [-0.2, -0.15) is 0 Å². The molecular weight excluding hydrogens is 232 g/mol. The van der Waals surface area contributed by atoms with Gasteiger partial charge in [0.05, 0.1) is 0 Å². The van der Waals surface area contributed by atoms with Crippen molar-refractivity contribution in [3.63, 3.8) is 0 Å². The molecule has 2 heteroatoms. The van der Waals surface area contributed by atoms with Gasteiger partial charge < -0.3 is 10.2 Å². The predicted octanol–water partition coefficient (Wildman–Crippen LogP) is 3.42. The minimum atomic E-state index is 0.197. The lowest BCUT2D eigenvalue weighted by atomic mass is 9.85. The van der Waals surface area contributed by atoms with Crippen molar-refractivity contribution in [1.29, 1.82) is 0 Å². The van der Waals surface area contributed by atoms with E-state index >= 15 is 0 Å². The molecule has 1 aliphatic heterocycles. The summed E-state index contributed by atoms with van der Waals surface area (Å²) in [5.74, 6) is 0.693. The second-order valence-corrected chi connectivity index (χ2v) is 7.09. The van der Waals surface area contributed by atoms with Crippen LogP contribution >= 0.6 is 0 Å². The molecule has 2 rings (SSSR count). The molecule has 1 fully saturated rings. The van der Waals surface area contributed by atoms with Crippen LogP contribution in [-0.2, 0) is 5.41 Å².